The van der Waals surface area contributed by atoms with Crippen molar-refractivity contribution in [2.75, 3.05) is 13.6 Å². The molecule has 0 aliphatic rings. The molecule has 3 N–H and O–H groups in total. The highest BCUT2D eigenvalue weighted by atomic mass is 19.1. The molecule has 0 atom stereocenters. The lowest BCUT2D eigenvalue weighted by Gasteiger charge is -2.12. The summed E-state index contributed by atoms with van der Waals surface area (Å²) in [4.78, 5) is 11.9. The van der Waals surface area contributed by atoms with E-state index in [1.807, 2.05) is 36.7 Å². The molecule has 0 bridgehead atoms. The van der Waals surface area contributed by atoms with Gasteiger partial charge in [0.15, 0.2) is 5.96 Å². The predicted octanol–water partition coefficient (Wildman–Crippen LogP) is 3.76. The van der Waals surface area contributed by atoms with Crippen molar-refractivity contribution < 1.29 is 4.39 Å². The minimum atomic E-state index is -0.231. The van der Waals surface area contributed by atoms with Crippen molar-refractivity contribution >= 4 is 27.6 Å². The third kappa shape index (κ3) is 3.81. The van der Waals surface area contributed by atoms with Gasteiger partial charge in [-0.1, -0.05) is 24.3 Å². The lowest BCUT2D eigenvalue weighted by Crippen LogP contribution is -2.38. The molecule has 0 fully saturated rings. The van der Waals surface area contributed by atoms with E-state index in [-0.39, 0.29) is 5.82 Å². The lowest BCUT2D eigenvalue weighted by molar-refractivity contribution is 0.629. The molecule has 0 radical (unpaired) electrons. The number of nitrogens with one attached hydrogen (secondary N) is 3. The molecule has 0 spiro atoms. The third-order valence-corrected chi connectivity index (χ3v) is 4.82. The van der Waals surface area contributed by atoms with Crippen LogP contribution in [0.3, 0.4) is 0 Å². The summed E-state index contributed by atoms with van der Waals surface area (Å²) in [6.07, 6.45) is 4.57. The van der Waals surface area contributed by atoms with E-state index in [0.717, 1.165) is 39.9 Å². The van der Waals surface area contributed by atoms with Crippen molar-refractivity contribution in [1.29, 1.82) is 0 Å². The molecule has 0 aliphatic heterocycles. The molecule has 5 nitrogen and oxygen atoms in total. The number of aromatic amines is 1. The summed E-state index contributed by atoms with van der Waals surface area (Å²) in [6.45, 7) is 1.31. The standard InChI is InChI=1S/C22H22FN5/c1-24-22(28-14-21-18-5-3-2-4-15(18)8-10-25-21)26-11-9-16-13-27-20-12-17(23)6-7-19(16)20/h2-8,10,12-13,27H,9,11,14H2,1H3,(H2,24,26,28). The summed E-state index contributed by atoms with van der Waals surface area (Å²) in [6, 6.07) is 15.0. The maximum atomic E-state index is 13.3. The van der Waals surface area contributed by atoms with E-state index < -0.39 is 0 Å². The summed E-state index contributed by atoms with van der Waals surface area (Å²) in [7, 11) is 1.75. The van der Waals surface area contributed by atoms with Gasteiger partial charge in [-0.15, -0.1) is 0 Å². The zero-order valence-electron chi connectivity index (χ0n) is 15.7. The second kappa shape index (κ2) is 8.08. The Hall–Kier alpha value is -3.41. The summed E-state index contributed by atoms with van der Waals surface area (Å²) < 4.78 is 13.3. The van der Waals surface area contributed by atoms with Crippen LogP contribution >= 0.6 is 0 Å². The van der Waals surface area contributed by atoms with Gasteiger partial charge in [-0.05, 0) is 41.6 Å². The number of aliphatic imine (C=N–C) groups is 1. The molecule has 2 aromatic carbocycles. The molecule has 6 heteroatoms. The SMILES string of the molecule is CN=C(NCCc1c[nH]c2cc(F)ccc12)NCc1nccc2ccccc12. The minimum absolute atomic E-state index is 0.231. The molecule has 0 amide bonds. The van der Waals surface area contributed by atoms with Gasteiger partial charge in [-0.25, -0.2) is 4.39 Å². The molecular weight excluding hydrogens is 353 g/mol. The van der Waals surface area contributed by atoms with Gasteiger partial charge in [-0.3, -0.25) is 9.98 Å². The van der Waals surface area contributed by atoms with Gasteiger partial charge in [0, 0.05) is 42.3 Å². The number of H-pyrrole nitrogens is 1. The first-order valence-corrected chi connectivity index (χ1v) is 9.27. The van der Waals surface area contributed by atoms with E-state index in [1.54, 1.807) is 7.05 Å². The predicted molar refractivity (Wildman–Crippen MR) is 112 cm³/mol. The van der Waals surface area contributed by atoms with Crippen LogP contribution in [0.5, 0.6) is 0 Å². The van der Waals surface area contributed by atoms with Crippen LogP contribution in [0.2, 0.25) is 0 Å². The van der Waals surface area contributed by atoms with E-state index >= 15 is 0 Å². The molecule has 2 heterocycles. The normalized spacial score (nSPS) is 11.9. The number of rotatable bonds is 5. The number of nitrogens with zero attached hydrogens (tertiary/aromatic N) is 2. The zero-order chi connectivity index (χ0) is 19.3. The van der Waals surface area contributed by atoms with Gasteiger partial charge in [0.2, 0.25) is 0 Å². The van der Waals surface area contributed by atoms with E-state index in [9.17, 15) is 4.39 Å². The fourth-order valence-corrected chi connectivity index (χ4v) is 3.39. The van der Waals surface area contributed by atoms with Crippen molar-refractivity contribution in [3.05, 3.63) is 78.0 Å². The highest BCUT2D eigenvalue weighted by Gasteiger charge is 2.06. The number of benzene rings is 2. The average molecular weight is 375 g/mol. The molecule has 0 unspecified atom stereocenters. The number of hydrogen-bond acceptors (Lipinski definition) is 2. The second-order valence-electron chi connectivity index (χ2n) is 6.59. The van der Waals surface area contributed by atoms with E-state index in [0.29, 0.717) is 13.1 Å². The topological polar surface area (TPSA) is 65.1 Å². The highest BCUT2D eigenvalue weighted by molar-refractivity contribution is 5.85. The summed E-state index contributed by atoms with van der Waals surface area (Å²) >= 11 is 0. The Morgan fingerprint density at radius 1 is 1.11 bits per heavy atom. The van der Waals surface area contributed by atoms with Crippen molar-refractivity contribution in [1.82, 2.24) is 20.6 Å². The van der Waals surface area contributed by atoms with Gasteiger partial charge < -0.3 is 15.6 Å². The van der Waals surface area contributed by atoms with E-state index in [1.165, 1.54) is 17.5 Å². The molecule has 0 saturated carbocycles. The molecular formula is C22H22FN5. The van der Waals surface area contributed by atoms with Crippen molar-refractivity contribution in [3.8, 4) is 0 Å². The van der Waals surface area contributed by atoms with Crippen LogP contribution < -0.4 is 10.6 Å². The Labute approximate surface area is 162 Å². The Kier molecular flexibility index (Phi) is 5.19. The maximum Gasteiger partial charge on any atom is 0.191 e. The highest BCUT2D eigenvalue weighted by Crippen LogP contribution is 2.19. The molecule has 2 aromatic heterocycles. The molecule has 0 aliphatic carbocycles. The average Bonchev–Trinajstić information content (AvgIpc) is 3.12. The van der Waals surface area contributed by atoms with Crippen LogP contribution in [-0.2, 0) is 13.0 Å². The fraction of sp³-hybridized carbons (Fsp3) is 0.182. The molecule has 4 aromatic rings. The van der Waals surface area contributed by atoms with Crippen LogP contribution in [0.25, 0.3) is 21.7 Å². The van der Waals surface area contributed by atoms with Crippen LogP contribution in [0, 0.1) is 5.82 Å². The van der Waals surface area contributed by atoms with Crippen LogP contribution in [0.1, 0.15) is 11.3 Å². The molecule has 4 rings (SSSR count). The number of hydrogen-bond donors (Lipinski definition) is 3. The second-order valence-corrected chi connectivity index (χ2v) is 6.59. The van der Waals surface area contributed by atoms with Crippen LogP contribution in [-0.4, -0.2) is 29.5 Å². The smallest absolute Gasteiger partial charge is 0.191 e. The lowest BCUT2D eigenvalue weighted by atomic mass is 10.1. The van der Waals surface area contributed by atoms with Gasteiger partial charge in [-0.2, -0.15) is 0 Å². The molecule has 142 valence electrons. The summed E-state index contributed by atoms with van der Waals surface area (Å²) in [5, 5.41) is 10.0. The van der Waals surface area contributed by atoms with Crippen molar-refractivity contribution in [3.63, 3.8) is 0 Å². The number of fused-ring (bicyclic) bond motifs is 2. The summed E-state index contributed by atoms with van der Waals surface area (Å²) in [5.74, 6) is 0.492. The van der Waals surface area contributed by atoms with Gasteiger partial charge in [0.05, 0.1) is 12.2 Å². The van der Waals surface area contributed by atoms with Crippen molar-refractivity contribution in [2.45, 2.75) is 13.0 Å². The number of aromatic nitrogens is 2. The van der Waals surface area contributed by atoms with Gasteiger partial charge >= 0.3 is 0 Å². The Balaban J connectivity index is 1.36. The van der Waals surface area contributed by atoms with Crippen molar-refractivity contribution in [2.24, 2.45) is 4.99 Å². The molecule has 28 heavy (non-hydrogen) atoms. The number of guanidine groups is 1. The Bertz CT molecular complexity index is 1130. The van der Waals surface area contributed by atoms with Crippen LogP contribution in [0.15, 0.2) is 65.9 Å². The Morgan fingerprint density at radius 2 is 2.00 bits per heavy atom. The zero-order valence-corrected chi connectivity index (χ0v) is 15.7. The molecule has 0 saturated heterocycles. The fourth-order valence-electron chi connectivity index (χ4n) is 3.39. The van der Waals surface area contributed by atoms with Gasteiger partial charge in [0.1, 0.15) is 5.82 Å². The Morgan fingerprint density at radius 3 is 2.89 bits per heavy atom. The van der Waals surface area contributed by atoms with E-state index in [2.05, 4.69) is 37.7 Å². The van der Waals surface area contributed by atoms with Gasteiger partial charge in [0.25, 0.3) is 0 Å². The maximum absolute atomic E-state index is 13.3. The largest absolute Gasteiger partial charge is 0.361 e. The third-order valence-electron chi connectivity index (χ3n) is 4.82. The summed E-state index contributed by atoms with van der Waals surface area (Å²) in [5.41, 5.74) is 2.95. The first-order valence-electron chi connectivity index (χ1n) is 9.27. The minimum Gasteiger partial charge on any atom is -0.361 e. The van der Waals surface area contributed by atoms with E-state index in [4.69, 9.17) is 0 Å². The number of pyridine rings is 1. The first-order chi connectivity index (χ1) is 13.7. The number of halogens is 1. The van der Waals surface area contributed by atoms with Crippen LogP contribution in [0.4, 0.5) is 4.39 Å². The quantitative estimate of drug-likeness (QED) is 0.368. The monoisotopic (exact) mass is 375 g/mol. The first kappa shape index (κ1) is 18.0.